The predicted molar refractivity (Wildman–Crippen MR) is 159 cm³/mol. The van der Waals surface area contributed by atoms with Crippen molar-refractivity contribution in [2.75, 3.05) is 6.61 Å². The smallest absolute Gasteiger partial charge is 0.409 e. The van der Waals surface area contributed by atoms with Crippen LogP contribution >= 0.6 is 18.1 Å². The molecule has 0 spiro atoms. The van der Waals surface area contributed by atoms with Crippen molar-refractivity contribution < 1.29 is 18.6 Å². The van der Waals surface area contributed by atoms with Gasteiger partial charge in [0, 0.05) is 11.2 Å². The average molecular weight is 564 g/mol. The Morgan fingerprint density at radius 1 is 0.816 bits per heavy atom. The van der Waals surface area contributed by atoms with Gasteiger partial charge >= 0.3 is 12.8 Å². The number of hydrogen-bond donors (Lipinski definition) is 1. The number of halogens is 1. The third kappa shape index (κ3) is 14.4. The van der Waals surface area contributed by atoms with Crippen LogP contribution in [0.25, 0.3) is 0 Å². The highest BCUT2D eigenvalue weighted by molar-refractivity contribution is 7.84. The van der Waals surface area contributed by atoms with E-state index in [0.29, 0.717) is 24.7 Å². The van der Waals surface area contributed by atoms with Crippen LogP contribution in [0.4, 0.5) is 0 Å². The lowest BCUT2D eigenvalue weighted by Gasteiger charge is -2.23. The number of carbonyl (C=O) groups is 1. The van der Waals surface area contributed by atoms with Gasteiger partial charge in [-0.1, -0.05) is 127 Å². The minimum atomic E-state index is -3.84. The second kappa shape index (κ2) is 19.3. The molecule has 0 bridgehead atoms. The zero-order chi connectivity index (χ0) is 27.5. The van der Waals surface area contributed by atoms with Gasteiger partial charge < -0.3 is 9.26 Å². The van der Waals surface area contributed by atoms with Crippen molar-refractivity contribution >= 4 is 24.1 Å². The molecule has 2 aromatic carbocycles. The quantitative estimate of drug-likeness (QED) is 0.0930. The third-order valence-corrected chi connectivity index (χ3v) is 8.30. The summed E-state index contributed by atoms with van der Waals surface area (Å²) in [6.45, 7) is 0.981. The lowest BCUT2D eigenvalue weighted by atomic mass is 9.95. The molecule has 0 heterocycles. The summed E-state index contributed by atoms with van der Waals surface area (Å²) in [6, 6.07) is 17.4. The van der Waals surface area contributed by atoms with Gasteiger partial charge in [-0.3, -0.25) is 4.79 Å². The molecule has 38 heavy (non-hydrogen) atoms. The first-order valence-corrected chi connectivity index (χ1v) is 17.0. The Labute approximate surface area is 235 Å². The van der Waals surface area contributed by atoms with Crippen molar-refractivity contribution in [3.8, 4) is 5.75 Å². The normalized spacial score (nSPS) is 13.7. The Balaban J connectivity index is 2.01. The van der Waals surface area contributed by atoms with Crippen LogP contribution in [0.3, 0.4) is 0 Å². The Morgan fingerprint density at radius 2 is 1.34 bits per heavy atom. The third-order valence-electron chi connectivity index (χ3n) is 6.74. The number of para-hydroxylation sites is 1. The predicted octanol–water partition coefficient (Wildman–Crippen LogP) is 9.49. The van der Waals surface area contributed by atoms with Gasteiger partial charge in [0.1, 0.15) is 11.8 Å². The molecular formula is C31H47ClNO4P. The topological polar surface area (TPSA) is 64.6 Å². The summed E-state index contributed by atoms with van der Waals surface area (Å²) < 4.78 is 24.5. The zero-order valence-corrected chi connectivity index (χ0v) is 24.9. The van der Waals surface area contributed by atoms with Crippen LogP contribution in [0, 0.1) is 5.92 Å². The second-order valence-electron chi connectivity index (χ2n) is 10.2. The molecule has 0 aromatic heterocycles. The van der Waals surface area contributed by atoms with Crippen LogP contribution in [0.5, 0.6) is 5.75 Å². The van der Waals surface area contributed by atoms with Crippen LogP contribution < -0.4 is 9.61 Å². The molecule has 0 amide bonds. The number of esters is 1. The van der Waals surface area contributed by atoms with Crippen molar-refractivity contribution in [3.63, 3.8) is 0 Å². The Kier molecular flexibility index (Phi) is 16.4. The molecule has 2 atom stereocenters. The Hall–Kier alpha value is -1.81. The van der Waals surface area contributed by atoms with Gasteiger partial charge in [-0.25, -0.2) is 9.65 Å². The number of ether oxygens (including phenoxy) is 1. The second-order valence-corrected chi connectivity index (χ2v) is 12.9. The molecule has 5 nitrogen and oxygen atoms in total. The fourth-order valence-electron chi connectivity index (χ4n) is 4.55. The number of benzene rings is 2. The first-order chi connectivity index (χ1) is 18.4. The van der Waals surface area contributed by atoms with E-state index < -0.39 is 18.9 Å². The number of carbonyl (C=O) groups excluding carboxylic acids is 1. The van der Waals surface area contributed by atoms with Gasteiger partial charge in [0.25, 0.3) is 0 Å². The molecular weight excluding hydrogens is 517 g/mol. The summed E-state index contributed by atoms with van der Waals surface area (Å²) >= 11 is 6.27. The maximum absolute atomic E-state index is 13.3. The first-order valence-electron chi connectivity index (χ1n) is 14.5. The van der Waals surface area contributed by atoms with E-state index in [1.807, 2.05) is 36.4 Å². The minimum absolute atomic E-state index is 0.299. The summed E-state index contributed by atoms with van der Waals surface area (Å²) in [5, 5.41) is 2.77. The highest BCUT2D eigenvalue weighted by Gasteiger charge is 2.31. The molecule has 0 aliphatic rings. The molecule has 0 saturated carbocycles. The van der Waals surface area contributed by atoms with E-state index in [1.165, 1.54) is 51.4 Å². The van der Waals surface area contributed by atoms with Crippen molar-refractivity contribution in [2.24, 2.45) is 5.92 Å². The number of hydrogen-bond acceptors (Lipinski definition) is 4. The van der Waals surface area contributed by atoms with Crippen LogP contribution in [-0.4, -0.2) is 18.6 Å². The van der Waals surface area contributed by atoms with Gasteiger partial charge in [0.15, 0.2) is 0 Å². The molecule has 0 aliphatic carbocycles. The standard InChI is InChI=1S/C31H47ClNO4P/c1-3-5-7-9-13-21-28(22-14-10-8-6-4-2)26-36-31(34)30(25-27-19-15-11-16-20-27)33-38(32,35)37-29-23-17-12-18-24-29/h11-12,15-20,23-24,28,30H,3-10,13-14,21-22,25-26H2,1-2H3,(H,33,35)/t30-,38?/m0/s1. The number of nitrogens with one attached hydrogen (secondary N) is 1. The van der Waals surface area contributed by atoms with E-state index in [0.717, 1.165) is 31.2 Å². The highest BCUT2D eigenvalue weighted by atomic mass is 35.7. The summed E-state index contributed by atoms with van der Waals surface area (Å²) in [6.07, 6.45) is 14.7. The molecule has 1 N–H and O–H groups in total. The number of rotatable bonds is 21. The largest absolute Gasteiger partial charge is 0.464 e. The van der Waals surface area contributed by atoms with Crippen molar-refractivity contribution in [1.82, 2.24) is 5.09 Å². The molecule has 212 valence electrons. The van der Waals surface area contributed by atoms with Crippen LogP contribution in [0.1, 0.15) is 96.5 Å². The van der Waals surface area contributed by atoms with Crippen LogP contribution in [0.15, 0.2) is 60.7 Å². The Morgan fingerprint density at radius 3 is 1.89 bits per heavy atom. The Bertz CT molecular complexity index is 914. The summed E-state index contributed by atoms with van der Waals surface area (Å²) in [5.41, 5.74) is 0.918. The maximum atomic E-state index is 13.3. The molecule has 0 aliphatic heterocycles. The van der Waals surface area contributed by atoms with E-state index in [4.69, 9.17) is 20.5 Å². The van der Waals surface area contributed by atoms with Gasteiger partial charge in [0.2, 0.25) is 0 Å². The van der Waals surface area contributed by atoms with Crippen molar-refractivity contribution in [2.45, 2.75) is 103 Å². The monoisotopic (exact) mass is 563 g/mol. The lowest BCUT2D eigenvalue weighted by molar-refractivity contribution is -0.147. The molecule has 2 rings (SSSR count). The lowest BCUT2D eigenvalue weighted by Crippen LogP contribution is -2.38. The maximum Gasteiger partial charge on any atom is 0.409 e. The van der Waals surface area contributed by atoms with E-state index in [9.17, 15) is 9.36 Å². The van der Waals surface area contributed by atoms with E-state index in [-0.39, 0.29) is 0 Å². The molecule has 2 aromatic rings. The fourth-order valence-corrected chi connectivity index (χ4v) is 6.15. The van der Waals surface area contributed by atoms with E-state index in [1.54, 1.807) is 24.3 Å². The molecule has 0 fully saturated rings. The van der Waals surface area contributed by atoms with Gasteiger partial charge in [-0.05, 0) is 42.9 Å². The average Bonchev–Trinajstić information content (AvgIpc) is 2.91. The van der Waals surface area contributed by atoms with Gasteiger partial charge in [-0.15, -0.1) is 0 Å². The first kappa shape index (κ1) is 32.4. The SMILES string of the molecule is CCCCCCCC(CCCCCCC)COC(=O)[C@H](Cc1ccccc1)NP(=O)(Cl)Oc1ccccc1. The van der Waals surface area contributed by atoms with E-state index in [2.05, 4.69) is 18.9 Å². The zero-order valence-electron chi connectivity index (χ0n) is 23.3. The van der Waals surface area contributed by atoms with E-state index >= 15 is 0 Å². The molecule has 7 heteroatoms. The van der Waals surface area contributed by atoms with Gasteiger partial charge in [0.05, 0.1) is 6.61 Å². The molecule has 0 saturated heterocycles. The highest BCUT2D eigenvalue weighted by Crippen LogP contribution is 2.48. The summed E-state index contributed by atoms with van der Waals surface area (Å²) in [4.78, 5) is 13.3. The summed E-state index contributed by atoms with van der Waals surface area (Å²) in [7, 11) is 0. The number of unbranched alkanes of at least 4 members (excludes halogenated alkanes) is 8. The minimum Gasteiger partial charge on any atom is -0.464 e. The van der Waals surface area contributed by atoms with Crippen LogP contribution in [0.2, 0.25) is 0 Å². The molecule has 0 radical (unpaired) electrons. The summed E-state index contributed by atoms with van der Waals surface area (Å²) in [5.74, 6) is 0.257. The van der Waals surface area contributed by atoms with Gasteiger partial charge in [-0.2, -0.15) is 0 Å². The van der Waals surface area contributed by atoms with Crippen LogP contribution in [-0.2, 0) is 20.5 Å². The van der Waals surface area contributed by atoms with Crippen molar-refractivity contribution in [1.29, 1.82) is 0 Å². The molecule has 1 unspecified atom stereocenters. The fraction of sp³-hybridized carbons (Fsp3) is 0.581. The van der Waals surface area contributed by atoms with Crippen molar-refractivity contribution in [3.05, 3.63) is 66.2 Å².